The summed E-state index contributed by atoms with van der Waals surface area (Å²) in [6.45, 7) is 0. The number of hydrogen-bond donors (Lipinski definition) is 2. The number of aromatic carboxylic acids is 1. The third-order valence-electron chi connectivity index (χ3n) is 2.69. The molecule has 0 saturated carbocycles. The van der Waals surface area contributed by atoms with Crippen molar-refractivity contribution in [1.82, 2.24) is 0 Å². The maximum Gasteiger partial charge on any atom is 0.335 e. The van der Waals surface area contributed by atoms with E-state index in [-0.39, 0.29) is 10.5 Å². The number of benzene rings is 2. The average molecular weight is 340 g/mol. The summed E-state index contributed by atoms with van der Waals surface area (Å²) in [7, 11) is -1.07. The first-order valence-corrected chi connectivity index (χ1v) is 7.71. The summed E-state index contributed by atoms with van der Waals surface area (Å²) in [6.07, 6.45) is 0. The van der Waals surface area contributed by atoms with Crippen LogP contribution in [0.25, 0.3) is 0 Å². The number of methoxy groups -OCH3 is 2. The molecule has 2 aromatic rings. The van der Waals surface area contributed by atoms with Gasteiger partial charge in [0.05, 0.1) is 24.7 Å². The monoisotopic (exact) mass is 340 g/mol. The highest BCUT2D eigenvalue weighted by atomic mass is 32.2. The van der Waals surface area contributed by atoms with Gasteiger partial charge in [0.15, 0.2) is 0 Å². The first kappa shape index (κ1) is 18.5. The van der Waals surface area contributed by atoms with Crippen LogP contribution in [0, 0.1) is 0 Å². The Hall–Kier alpha value is -2.58. The molecule has 0 fully saturated rings. The summed E-state index contributed by atoms with van der Waals surface area (Å²) >= 11 is 0. The van der Waals surface area contributed by atoms with Gasteiger partial charge < -0.3 is 14.6 Å². The van der Waals surface area contributed by atoms with E-state index in [2.05, 4.69) is 0 Å². The molecule has 23 heavy (non-hydrogen) atoms. The molecule has 8 heteroatoms. The Bertz CT molecular complexity index is 734. The fourth-order valence-electron chi connectivity index (χ4n) is 1.48. The van der Waals surface area contributed by atoms with Gasteiger partial charge in [-0.15, -0.1) is 0 Å². The van der Waals surface area contributed by atoms with Gasteiger partial charge in [0.25, 0.3) is 10.1 Å². The summed E-state index contributed by atoms with van der Waals surface area (Å²) in [5.74, 6) is 0.282. The lowest BCUT2D eigenvalue weighted by Gasteiger charge is -1.99. The van der Waals surface area contributed by atoms with Gasteiger partial charge in [0.1, 0.15) is 11.5 Å². The first-order valence-electron chi connectivity index (χ1n) is 6.27. The topological polar surface area (TPSA) is 110 Å². The minimum Gasteiger partial charge on any atom is -0.497 e. The summed E-state index contributed by atoms with van der Waals surface area (Å²) in [5, 5.41) is 8.51. The smallest absolute Gasteiger partial charge is 0.335 e. The highest BCUT2D eigenvalue weighted by molar-refractivity contribution is 7.85. The van der Waals surface area contributed by atoms with Crippen LogP contribution in [0.4, 0.5) is 0 Å². The normalized spacial score (nSPS) is 10.2. The Morgan fingerprint density at radius 3 is 1.57 bits per heavy atom. The zero-order valence-corrected chi connectivity index (χ0v) is 13.3. The molecule has 0 bridgehead atoms. The molecule has 0 spiro atoms. The molecular formula is C15H16O7S. The minimum atomic E-state index is -4.08. The van der Waals surface area contributed by atoms with Gasteiger partial charge in [0.2, 0.25) is 0 Å². The van der Waals surface area contributed by atoms with Crippen molar-refractivity contribution in [2.75, 3.05) is 14.2 Å². The summed E-state index contributed by atoms with van der Waals surface area (Å²) in [5.41, 5.74) is 0.269. The van der Waals surface area contributed by atoms with Gasteiger partial charge in [-0.25, -0.2) is 4.79 Å². The van der Waals surface area contributed by atoms with E-state index >= 15 is 0 Å². The maximum atomic E-state index is 10.5. The molecule has 124 valence electrons. The van der Waals surface area contributed by atoms with Crippen molar-refractivity contribution in [3.63, 3.8) is 0 Å². The van der Waals surface area contributed by atoms with Crippen LogP contribution < -0.4 is 9.47 Å². The van der Waals surface area contributed by atoms with E-state index in [0.717, 1.165) is 0 Å². The summed E-state index contributed by atoms with van der Waals surface area (Å²) in [4.78, 5) is 10.2. The molecule has 0 heterocycles. The van der Waals surface area contributed by atoms with E-state index in [1.165, 1.54) is 50.6 Å². The highest BCUT2D eigenvalue weighted by Gasteiger charge is 2.07. The molecule has 2 N–H and O–H groups in total. The highest BCUT2D eigenvalue weighted by Crippen LogP contribution is 2.14. The zero-order chi connectivity index (χ0) is 17.5. The van der Waals surface area contributed by atoms with Crippen LogP contribution in [0.1, 0.15) is 10.4 Å². The van der Waals surface area contributed by atoms with Crippen molar-refractivity contribution in [2.24, 2.45) is 0 Å². The largest absolute Gasteiger partial charge is 0.497 e. The second kappa shape index (κ2) is 8.16. The van der Waals surface area contributed by atoms with Crippen molar-refractivity contribution in [2.45, 2.75) is 4.90 Å². The Morgan fingerprint density at radius 1 is 0.870 bits per heavy atom. The molecule has 0 saturated heterocycles. The van der Waals surface area contributed by atoms with Gasteiger partial charge >= 0.3 is 5.97 Å². The lowest BCUT2D eigenvalue weighted by molar-refractivity contribution is 0.0697. The number of ether oxygens (including phenoxy) is 2. The fraction of sp³-hybridized carbons (Fsp3) is 0.133. The third-order valence-corrected chi connectivity index (χ3v) is 3.56. The molecule has 0 atom stereocenters. The van der Waals surface area contributed by atoms with Gasteiger partial charge in [0, 0.05) is 0 Å². The first-order chi connectivity index (χ1) is 10.8. The van der Waals surface area contributed by atoms with Gasteiger partial charge in [-0.2, -0.15) is 8.42 Å². The molecule has 0 aliphatic heterocycles. The molecule has 0 aliphatic carbocycles. The predicted molar refractivity (Wildman–Crippen MR) is 82.8 cm³/mol. The van der Waals surface area contributed by atoms with Gasteiger partial charge in [-0.3, -0.25) is 4.55 Å². The van der Waals surface area contributed by atoms with E-state index in [0.29, 0.717) is 11.5 Å². The number of hydrogen-bond acceptors (Lipinski definition) is 5. The lowest BCUT2D eigenvalue weighted by atomic mass is 10.2. The summed E-state index contributed by atoms with van der Waals surface area (Å²) in [6, 6.07) is 11.7. The number of carboxylic acids is 1. The maximum absolute atomic E-state index is 10.5. The number of carbonyl (C=O) groups is 1. The second-order valence-electron chi connectivity index (χ2n) is 4.18. The molecule has 7 nitrogen and oxygen atoms in total. The van der Waals surface area contributed by atoms with Gasteiger partial charge in [-0.1, -0.05) is 0 Å². The molecular weight excluding hydrogens is 324 g/mol. The average Bonchev–Trinajstić information content (AvgIpc) is 2.54. The predicted octanol–water partition coefficient (Wildman–Crippen LogP) is 2.34. The van der Waals surface area contributed by atoms with Crippen LogP contribution in [0.2, 0.25) is 0 Å². The minimum absolute atomic E-state index is 0.136. The number of rotatable bonds is 4. The Morgan fingerprint density at radius 2 is 1.26 bits per heavy atom. The molecule has 0 aromatic heterocycles. The Labute approximate surface area is 133 Å². The van der Waals surface area contributed by atoms with Crippen LogP contribution in [-0.2, 0) is 10.1 Å². The lowest BCUT2D eigenvalue weighted by Crippen LogP contribution is -1.97. The fourth-order valence-corrected chi connectivity index (χ4v) is 1.96. The third kappa shape index (κ3) is 5.97. The van der Waals surface area contributed by atoms with E-state index < -0.39 is 16.1 Å². The Balaban J connectivity index is 0.000000231. The van der Waals surface area contributed by atoms with Crippen LogP contribution in [0.15, 0.2) is 53.4 Å². The SMILES string of the molecule is COc1ccc(C(=O)O)cc1.COc1ccc(S(=O)(=O)O)cc1. The van der Waals surface area contributed by atoms with E-state index in [4.69, 9.17) is 19.1 Å². The van der Waals surface area contributed by atoms with E-state index in [1.807, 2.05) is 0 Å². The van der Waals surface area contributed by atoms with Crippen molar-refractivity contribution >= 4 is 16.1 Å². The Kier molecular flexibility index (Phi) is 6.55. The number of carboxylic acid groups (broad SMARTS) is 1. The molecule has 0 aliphatic rings. The zero-order valence-electron chi connectivity index (χ0n) is 12.5. The molecule has 2 aromatic carbocycles. The standard InChI is InChI=1S/C8H8O3.C7H8O4S/c1-11-7-4-2-6(3-5-7)8(9)10;1-11-6-2-4-7(5-3-6)12(8,9)10/h2-5H,1H3,(H,9,10);2-5H,1H3,(H,8,9,10). The van der Waals surface area contributed by atoms with Gasteiger partial charge in [-0.05, 0) is 48.5 Å². The van der Waals surface area contributed by atoms with Crippen LogP contribution in [0.5, 0.6) is 11.5 Å². The van der Waals surface area contributed by atoms with Crippen LogP contribution in [0.3, 0.4) is 0 Å². The molecule has 0 radical (unpaired) electrons. The van der Waals surface area contributed by atoms with Crippen molar-refractivity contribution in [3.8, 4) is 11.5 Å². The van der Waals surface area contributed by atoms with Crippen molar-refractivity contribution in [3.05, 3.63) is 54.1 Å². The van der Waals surface area contributed by atoms with E-state index in [9.17, 15) is 13.2 Å². The second-order valence-corrected chi connectivity index (χ2v) is 5.61. The van der Waals surface area contributed by atoms with Crippen molar-refractivity contribution in [1.29, 1.82) is 0 Å². The quantitative estimate of drug-likeness (QED) is 0.822. The summed E-state index contributed by atoms with van der Waals surface area (Å²) < 4.78 is 39.3. The van der Waals surface area contributed by atoms with Crippen LogP contribution >= 0.6 is 0 Å². The van der Waals surface area contributed by atoms with Crippen molar-refractivity contribution < 1.29 is 32.3 Å². The molecule has 0 unspecified atom stereocenters. The molecule has 2 rings (SSSR count). The molecule has 0 amide bonds. The van der Waals surface area contributed by atoms with Crippen LogP contribution in [-0.4, -0.2) is 38.3 Å². The van der Waals surface area contributed by atoms with E-state index in [1.54, 1.807) is 12.1 Å².